The van der Waals surface area contributed by atoms with Crippen LogP contribution in [0, 0.1) is 5.82 Å². The lowest BCUT2D eigenvalue weighted by Crippen LogP contribution is -2.34. The molecule has 1 amide bonds. The molecule has 0 aliphatic heterocycles. The first-order valence-electron chi connectivity index (χ1n) is 11.4. The van der Waals surface area contributed by atoms with E-state index in [0.717, 1.165) is 0 Å². The number of ether oxygens (including phenoxy) is 2. The first kappa shape index (κ1) is 25.2. The number of benzene rings is 3. The fraction of sp³-hybridized carbons (Fsp3) is 0.222. The number of halogens is 2. The van der Waals surface area contributed by atoms with Crippen LogP contribution in [0.2, 0.25) is 5.02 Å². The summed E-state index contributed by atoms with van der Waals surface area (Å²) >= 11 is 6.46. The number of nitrogens with zero attached hydrogens (tertiary/aromatic N) is 3. The van der Waals surface area contributed by atoms with Crippen LogP contribution in [0.1, 0.15) is 19.4 Å². The summed E-state index contributed by atoms with van der Waals surface area (Å²) in [4.78, 5) is 22.0. The largest absolute Gasteiger partial charge is 0.488 e. The zero-order chi connectivity index (χ0) is 25.7. The molecule has 4 rings (SSSR count). The third-order valence-electron chi connectivity index (χ3n) is 5.50. The fourth-order valence-electron chi connectivity index (χ4n) is 3.66. The Morgan fingerprint density at radius 2 is 1.92 bits per heavy atom. The standard InChI is InChI=1S/C27H26ClFN4O3/c1-17(14-33(3)18(2)34)36-25-9-5-8-23-26(25)27(31-16-30-23)32-21-10-11-24(22(28)13-21)35-15-19-6-4-7-20(29)12-19/h4-13,16-17H,14-15H2,1-3H3,(H,30,31,32). The number of rotatable bonds is 9. The van der Waals surface area contributed by atoms with Crippen molar-refractivity contribution in [1.82, 2.24) is 14.9 Å². The molecule has 1 unspecified atom stereocenters. The van der Waals surface area contributed by atoms with Crippen molar-refractivity contribution in [2.24, 2.45) is 0 Å². The van der Waals surface area contributed by atoms with Gasteiger partial charge in [-0.25, -0.2) is 14.4 Å². The monoisotopic (exact) mass is 508 g/mol. The first-order chi connectivity index (χ1) is 17.3. The molecule has 0 spiro atoms. The summed E-state index contributed by atoms with van der Waals surface area (Å²) in [6.45, 7) is 4.05. The number of nitrogens with one attached hydrogen (secondary N) is 1. The van der Waals surface area contributed by atoms with Crippen LogP contribution < -0.4 is 14.8 Å². The van der Waals surface area contributed by atoms with Crippen LogP contribution in [-0.2, 0) is 11.4 Å². The van der Waals surface area contributed by atoms with E-state index in [1.807, 2.05) is 31.2 Å². The number of carbonyl (C=O) groups excluding carboxylic acids is 1. The lowest BCUT2D eigenvalue weighted by molar-refractivity contribution is -0.128. The number of hydrogen-bond acceptors (Lipinski definition) is 6. The van der Waals surface area contributed by atoms with Gasteiger partial charge in [-0.2, -0.15) is 0 Å². The van der Waals surface area contributed by atoms with E-state index in [1.165, 1.54) is 25.4 Å². The summed E-state index contributed by atoms with van der Waals surface area (Å²) in [7, 11) is 1.73. The van der Waals surface area contributed by atoms with Gasteiger partial charge in [0.25, 0.3) is 0 Å². The smallest absolute Gasteiger partial charge is 0.219 e. The van der Waals surface area contributed by atoms with E-state index in [1.54, 1.807) is 36.2 Å². The van der Waals surface area contributed by atoms with Crippen LogP contribution in [-0.4, -0.2) is 40.5 Å². The van der Waals surface area contributed by atoms with Crippen LogP contribution in [0.25, 0.3) is 10.9 Å². The van der Waals surface area contributed by atoms with Crippen LogP contribution >= 0.6 is 11.6 Å². The van der Waals surface area contributed by atoms with E-state index in [-0.39, 0.29) is 24.4 Å². The van der Waals surface area contributed by atoms with Crippen molar-refractivity contribution in [3.8, 4) is 11.5 Å². The predicted octanol–water partition coefficient (Wildman–Crippen LogP) is 5.99. The molecule has 186 valence electrons. The number of hydrogen-bond donors (Lipinski definition) is 1. The maximum absolute atomic E-state index is 13.4. The highest BCUT2D eigenvalue weighted by atomic mass is 35.5. The Labute approximate surface area is 213 Å². The second-order valence-electron chi connectivity index (χ2n) is 8.39. The number of aromatic nitrogens is 2. The topological polar surface area (TPSA) is 76.6 Å². The zero-order valence-electron chi connectivity index (χ0n) is 20.2. The quantitative estimate of drug-likeness (QED) is 0.299. The van der Waals surface area contributed by atoms with Crippen LogP contribution in [0.15, 0.2) is 67.0 Å². The van der Waals surface area contributed by atoms with E-state index >= 15 is 0 Å². The SMILES string of the molecule is CC(=O)N(C)CC(C)Oc1cccc2ncnc(Nc3ccc(OCc4cccc(F)c4)c(Cl)c3)c12. The van der Waals surface area contributed by atoms with Gasteiger partial charge in [0.1, 0.15) is 42.2 Å². The Morgan fingerprint density at radius 1 is 1.11 bits per heavy atom. The number of fused-ring (bicyclic) bond motifs is 1. The van der Waals surface area contributed by atoms with Gasteiger partial charge in [0, 0.05) is 19.7 Å². The molecule has 1 aromatic heterocycles. The molecule has 0 bridgehead atoms. The summed E-state index contributed by atoms with van der Waals surface area (Å²) < 4.78 is 25.3. The number of amides is 1. The van der Waals surface area contributed by atoms with Crippen molar-refractivity contribution in [2.45, 2.75) is 26.6 Å². The van der Waals surface area contributed by atoms with Crippen molar-refractivity contribution in [2.75, 3.05) is 18.9 Å². The molecule has 4 aromatic rings. The minimum absolute atomic E-state index is 0.0331. The number of carbonyl (C=O) groups is 1. The maximum atomic E-state index is 13.4. The van der Waals surface area contributed by atoms with E-state index in [4.69, 9.17) is 21.1 Å². The second-order valence-corrected chi connectivity index (χ2v) is 8.80. The van der Waals surface area contributed by atoms with Crippen LogP contribution in [0.4, 0.5) is 15.9 Å². The molecule has 7 nitrogen and oxygen atoms in total. The highest BCUT2D eigenvalue weighted by Crippen LogP contribution is 2.34. The van der Waals surface area contributed by atoms with Crippen molar-refractivity contribution in [1.29, 1.82) is 0 Å². The first-order valence-corrected chi connectivity index (χ1v) is 11.7. The van der Waals surface area contributed by atoms with E-state index in [0.29, 0.717) is 51.0 Å². The molecular weight excluding hydrogens is 483 g/mol. The van der Waals surface area contributed by atoms with Gasteiger partial charge in [0.05, 0.1) is 22.5 Å². The Balaban J connectivity index is 1.53. The molecular formula is C27H26ClFN4O3. The molecule has 0 saturated carbocycles. The second kappa shape index (κ2) is 11.2. The average Bonchev–Trinajstić information content (AvgIpc) is 2.83. The van der Waals surface area contributed by atoms with Crippen molar-refractivity contribution >= 4 is 39.9 Å². The predicted molar refractivity (Wildman–Crippen MR) is 138 cm³/mol. The number of anilines is 2. The normalized spacial score (nSPS) is 11.7. The van der Waals surface area contributed by atoms with Gasteiger partial charge in [-0.05, 0) is 55.0 Å². The Kier molecular flexibility index (Phi) is 7.85. The highest BCUT2D eigenvalue weighted by Gasteiger charge is 2.15. The maximum Gasteiger partial charge on any atom is 0.219 e. The lowest BCUT2D eigenvalue weighted by atomic mass is 10.2. The van der Waals surface area contributed by atoms with Gasteiger partial charge in [0.15, 0.2) is 0 Å². The van der Waals surface area contributed by atoms with Gasteiger partial charge < -0.3 is 19.7 Å². The molecule has 0 aliphatic carbocycles. The van der Waals surface area contributed by atoms with E-state index in [2.05, 4.69) is 15.3 Å². The Hall–Kier alpha value is -3.91. The average molecular weight is 509 g/mol. The summed E-state index contributed by atoms with van der Waals surface area (Å²) in [6.07, 6.45) is 1.22. The molecule has 3 aromatic carbocycles. The summed E-state index contributed by atoms with van der Waals surface area (Å²) in [5.41, 5.74) is 2.10. The van der Waals surface area contributed by atoms with Gasteiger partial charge in [-0.15, -0.1) is 0 Å². The van der Waals surface area contributed by atoms with Crippen LogP contribution in [0.5, 0.6) is 11.5 Å². The highest BCUT2D eigenvalue weighted by molar-refractivity contribution is 6.32. The molecule has 0 radical (unpaired) electrons. The summed E-state index contributed by atoms with van der Waals surface area (Å²) in [5.74, 6) is 1.27. The third-order valence-corrected chi connectivity index (χ3v) is 5.79. The molecule has 1 N–H and O–H groups in total. The lowest BCUT2D eigenvalue weighted by Gasteiger charge is -2.22. The Morgan fingerprint density at radius 3 is 2.67 bits per heavy atom. The molecule has 36 heavy (non-hydrogen) atoms. The molecule has 0 fully saturated rings. The molecule has 0 aliphatic rings. The minimum atomic E-state index is -0.317. The fourth-order valence-corrected chi connectivity index (χ4v) is 3.90. The van der Waals surface area contributed by atoms with Crippen LogP contribution in [0.3, 0.4) is 0 Å². The van der Waals surface area contributed by atoms with Gasteiger partial charge >= 0.3 is 0 Å². The van der Waals surface area contributed by atoms with Gasteiger partial charge in [0.2, 0.25) is 5.91 Å². The molecule has 0 saturated heterocycles. The van der Waals surface area contributed by atoms with Gasteiger partial charge in [-0.3, -0.25) is 4.79 Å². The van der Waals surface area contributed by atoms with E-state index < -0.39 is 0 Å². The summed E-state index contributed by atoms with van der Waals surface area (Å²) in [6, 6.07) is 17.1. The van der Waals surface area contributed by atoms with Crippen molar-refractivity contribution in [3.05, 3.63) is 83.4 Å². The Bertz CT molecular complexity index is 1380. The van der Waals surface area contributed by atoms with E-state index in [9.17, 15) is 9.18 Å². The van der Waals surface area contributed by atoms with Crippen molar-refractivity contribution < 1.29 is 18.7 Å². The third kappa shape index (κ3) is 6.20. The molecule has 1 heterocycles. The zero-order valence-corrected chi connectivity index (χ0v) is 20.9. The molecule has 9 heteroatoms. The molecule has 1 atom stereocenters. The summed E-state index contributed by atoms with van der Waals surface area (Å²) in [5, 5.41) is 4.39. The minimum Gasteiger partial charge on any atom is -0.488 e. The van der Waals surface area contributed by atoms with Gasteiger partial charge in [-0.1, -0.05) is 29.8 Å². The number of likely N-dealkylation sites (N-methyl/N-ethyl adjacent to an activating group) is 1. The van der Waals surface area contributed by atoms with Crippen molar-refractivity contribution in [3.63, 3.8) is 0 Å².